The van der Waals surface area contributed by atoms with Crippen LogP contribution in [-0.2, 0) is 0 Å². The number of hydrogen-bond donors (Lipinski definition) is 1. The molecule has 0 unspecified atom stereocenters. The molecule has 118 valence electrons. The zero-order valence-electron chi connectivity index (χ0n) is 12.5. The van der Waals surface area contributed by atoms with E-state index in [0.29, 0.717) is 11.3 Å². The lowest BCUT2D eigenvalue weighted by Gasteiger charge is -2.13. The fraction of sp³-hybridized carbons (Fsp3) is 0.188. The van der Waals surface area contributed by atoms with Crippen LogP contribution in [-0.4, -0.2) is 34.5 Å². The lowest BCUT2D eigenvalue weighted by molar-refractivity contribution is 0.274. The first-order chi connectivity index (χ1) is 11.3. The van der Waals surface area contributed by atoms with Gasteiger partial charge in [-0.3, -0.25) is 15.0 Å². The Bertz CT molecular complexity index is 810. The predicted octanol–water partition coefficient (Wildman–Crippen LogP) is 3.73. The number of anilines is 1. The van der Waals surface area contributed by atoms with E-state index in [1.54, 1.807) is 24.8 Å². The van der Waals surface area contributed by atoms with Crippen LogP contribution in [0.3, 0.4) is 0 Å². The third kappa shape index (κ3) is 3.34. The Balaban J connectivity index is 2.13. The summed E-state index contributed by atoms with van der Waals surface area (Å²) in [5.41, 5.74) is 3.93. The van der Waals surface area contributed by atoms with Crippen molar-refractivity contribution in [1.82, 2.24) is 15.0 Å². The first-order valence-corrected chi connectivity index (χ1v) is 8.23. The molecule has 0 atom stereocenters. The highest BCUT2D eigenvalue weighted by Gasteiger charge is 2.13. The van der Waals surface area contributed by atoms with E-state index in [9.17, 15) is 4.39 Å². The Kier molecular flexibility index (Phi) is 4.87. The van der Waals surface area contributed by atoms with Crippen molar-refractivity contribution in [3.05, 3.63) is 43.0 Å². The van der Waals surface area contributed by atoms with Crippen molar-refractivity contribution in [3.63, 3.8) is 0 Å². The average molecular weight is 330 g/mol. The third-order valence-electron chi connectivity index (χ3n) is 3.21. The van der Waals surface area contributed by atoms with Crippen LogP contribution in [0.15, 0.2) is 43.0 Å². The molecule has 0 aliphatic rings. The second kappa shape index (κ2) is 7.23. The molecule has 2 aromatic heterocycles. The molecule has 1 N–H and O–H groups in total. The van der Waals surface area contributed by atoms with Gasteiger partial charge in [-0.05, 0) is 12.1 Å². The lowest BCUT2D eigenvalue weighted by atomic mass is 10.0. The lowest BCUT2D eigenvalue weighted by Crippen LogP contribution is -2.01. The van der Waals surface area contributed by atoms with Gasteiger partial charge < -0.3 is 9.46 Å². The predicted molar refractivity (Wildman–Crippen MR) is 91.4 cm³/mol. The van der Waals surface area contributed by atoms with Gasteiger partial charge in [0.05, 0.1) is 11.7 Å². The summed E-state index contributed by atoms with van der Waals surface area (Å²) in [5.74, 6) is 0.585. The summed E-state index contributed by atoms with van der Waals surface area (Å²) in [7, 11) is 0. The standard InChI is InChI=1S/C16H15FN4OS/c1-23-21-11-2-3-12(15(8-11)22-7-4-17)13-9-18-10-14-16(13)20-6-5-19-14/h2-3,5-6,8-10,21H,4,7H2,1H3. The SMILES string of the molecule is CSNc1ccc(-c2cncc3nccnc23)c(OCCF)c1. The van der Waals surface area contributed by atoms with Gasteiger partial charge in [-0.1, -0.05) is 11.9 Å². The molecule has 23 heavy (non-hydrogen) atoms. The molecule has 0 bridgehead atoms. The smallest absolute Gasteiger partial charge is 0.129 e. The second-order valence-electron chi connectivity index (χ2n) is 4.67. The van der Waals surface area contributed by atoms with E-state index in [0.717, 1.165) is 22.3 Å². The van der Waals surface area contributed by atoms with E-state index in [2.05, 4.69) is 19.7 Å². The minimum atomic E-state index is -0.548. The van der Waals surface area contributed by atoms with Crippen LogP contribution in [0.5, 0.6) is 5.75 Å². The summed E-state index contributed by atoms with van der Waals surface area (Å²) >= 11 is 1.48. The third-order valence-corrected chi connectivity index (χ3v) is 3.65. The first-order valence-electron chi connectivity index (χ1n) is 7.00. The Labute approximate surface area is 137 Å². The molecule has 0 spiro atoms. The molecule has 1 aromatic carbocycles. The molecule has 0 aliphatic carbocycles. The van der Waals surface area contributed by atoms with Crippen molar-refractivity contribution in [3.8, 4) is 16.9 Å². The van der Waals surface area contributed by atoms with Crippen molar-refractivity contribution in [2.24, 2.45) is 0 Å². The number of hydrogen-bond acceptors (Lipinski definition) is 6. The minimum absolute atomic E-state index is 0.000402. The largest absolute Gasteiger partial charge is 0.490 e. The summed E-state index contributed by atoms with van der Waals surface area (Å²) in [6.45, 7) is -0.549. The highest BCUT2D eigenvalue weighted by Crippen LogP contribution is 2.35. The summed E-state index contributed by atoms with van der Waals surface area (Å²) < 4.78 is 21.3. The summed E-state index contributed by atoms with van der Waals surface area (Å²) in [6, 6.07) is 5.69. The van der Waals surface area contributed by atoms with E-state index in [1.165, 1.54) is 11.9 Å². The van der Waals surface area contributed by atoms with Crippen LogP contribution in [0.25, 0.3) is 22.2 Å². The topological polar surface area (TPSA) is 59.9 Å². The minimum Gasteiger partial charge on any atom is -0.490 e. The number of alkyl halides is 1. The number of benzene rings is 1. The molecule has 3 aromatic rings. The normalized spacial score (nSPS) is 10.7. The zero-order chi connectivity index (χ0) is 16.1. The Morgan fingerprint density at radius 3 is 2.87 bits per heavy atom. The maximum Gasteiger partial charge on any atom is 0.129 e. The van der Waals surface area contributed by atoms with Gasteiger partial charge in [0, 0.05) is 47.7 Å². The van der Waals surface area contributed by atoms with Crippen LogP contribution in [0.2, 0.25) is 0 Å². The van der Waals surface area contributed by atoms with E-state index >= 15 is 0 Å². The van der Waals surface area contributed by atoms with Crippen LogP contribution in [0.1, 0.15) is 0 Å². The van der Waals surface area contributed by atoms with Gasteiger partial charge >= 0.3 is 0 Å². The Morgan fingerprint density at radius 1 is 1.17 bits per heavy atom. The van der Waals surface area contributed by atoms with Gasteiger partial charge in [0.25, 0.3) is 0 Å². The summed E-state index contributed by atoms with van der Waals surface area (Å²) in [5, 5.41) is 0. The molecule has 0 amide bonds. The molecule has 3 rings (SSSR count). The number of rotatable bonds is 6. The molecule has 2 heterocycles. The van der Waals surface area contributed by atoms with Crippen molar-refractivity contribution in [2.45, 2.75) is 0 Å². The van der Waals surface area contributed by atoms with Crippen LogP contribution >= 0.6 is 11.9 Å². The number of nitrogens with zero attached hydrogens (tertiary/aromatic N) is 3. The number of ether oxygens (including phenoxy) is 1. The zero-order valence-corrected chi connectivity index (χ0v) is 13.3. The molecular weight excluding hydrogens is 315 g/mol. The summed E-state index contributed by atoms with van der Waals surface area (Å²) in [4.78, 5) is 12.9. The van der Waals surface area contributed by atoms with E-state index in [1.807, 2.05) is 24.5 Å². The maximum absolute atomic E-state index is 12.5. The number of aromatic nitrogens is 3. The quantitative estimate of drug-likeness (QED) is 0.695. The van der Waals surface area contributed by atoms with Gasteiger partial charge in [0.1, 0.15) is 24.5 Å². The number of halogens is 1. The molecular formula is C16H15FN4OS. The van der Waals surface area contributed by atoms with Crippen LogP contribution in [0.4, 0.5) is 10.1 Å². The van der Waals surface area contributed by atoms with Crippen molar-refractivity contribution >= 4 is 28.7 Å². The first kappa shape index (κ1) is 15.5. The monoisotopic (exact) mass is 330 g/mol. The fourth-order valence-corrected chi connectivity index (χ4v) is 2.65. The van der Waals surface area contributed by atoms with Gasteiger partial charge in [0.15, 0.2) is 0 Å². The number of nitrogens with one attached hydrogen (secondary N) is 1. The molecule has 7 heteroatoms. The van der Waals surface area contributed by atoms with Crippen molar-refractivity contribution in [2.75, 3.05) is 24.3 Å². The number of fused-ring (bicyclic) bond motifs is 1. The molecule has 0 saturated heterocycles. The average Bonchev–Trinajstić information content (AvgIpc) is 2.60. The maximum atomic E-state index is 12.5. The fourth-order valence-electron chi connectivity index (χ4n) is 2.29. The second-order valence-corrected chi connectivity index (χ2v) is 5.28. The molecule has 5 nitrogen and oxygen atoms in total. The van der Waals surface area contributed by atoms with Gasteiger partial charge in [-0.25, -0.2) is 4.39 Å². The van der Waals surface area contributed by atoms with E-state index < -0.39 is 6.67 Å². The highest BCUT2D eigenvalue weighted by atomic mass is 32.2. The molecule has 0 fully saturated rings. The van der Waals surface area contributed by atoms with Crippen LogP contribution < -0.4 is 9.46 Å². The number of pyridine rings is 1. The van der Waals surface area contributed by atoms with Crippen LogP contribution in [0, 0.1) is 0 Å². The highest BCUT2D eigenvalue weighted by molar-refractivity contribution is 7.99. The van der Waals surface area contributed by atoms with E-state index in [-0.39, 0.29) is 6.61 Å². The van der Waals surface area contributed by atoms with Gasteiger partial charge in [0.2, 0.25) is 0 Å². The molecule has 0 radical (unpaired) electrons. The molecule has 0 saturated carbocycles. The van der Waals surface area contributed by atoms with E-state index in [4.69, 9.17) is 4.74 Å². The van der Waals surface area contributed by atoms with Gasteiger partial charge in [-0.15, -0.1) is 0 Å². The molecule has 0 aliphatic heterocycles. The van der Waals surface area contributed by atoms with Crippen molar-refractivity contribution in [1.29, 1.82) is 0 Å². The Morgan fingerprint density at radius 2 is 2.04 bits per heavy atom. The van der Waals surface area contributed by atoms with Crippen molar-refractivity contribution < 1.29 is 9.13 Å². The summed E-state index contributed by atoms with van der Waals surface area (Å²) in [6.07, 6.45) is 8.57. The van der Waals surface area contributed by atoms with Gasteiger partial charge in [-0.2, -0.15) is 0 Å². The Hall–Kier alpha value is -2.41.